The molecule has 2 aromatic carbocycles. The number of pyridine rings is 1. The van der Waals surface area contributed by atoms with Crippen molar-refractivity contribution in [2.45, 2.75) is 13.0 Å². The first-order chi connectivity index (χ1) is 13.3. The Morgan fingerprint density at radius 1 is 1.07 bits per heavy atom. The van der Waals surface area contributed by atoms with Crippen LogP contribution in [0.3, 0.4) is 0 Å². The van der Waals surface area contributed by atoms with Gasteiger partial charge in [0.05, 0.1) is 24.1 Å². The number of hydrogen-bond acceptors (Lipinski definition) is 5. The number of aliphatic imine (C=N–C) groups is 1. The van der Waals surface area contributed by atoms with Crippen LogP contribution >= 0.6 is 0 Å². The van der Waals surface area contributed by atoms with Crippen molar-refractivity contribution < 1.29 is 9.47 Å². The predicted octanol–water partition coefficient (Wildman–Crippen LogP) is 4.22. The number of hydrogen-bond donors (Lipinski definition) is 0. The zero-order chi connectivity index (χ0) is 18.6. The third-order valence-corrected chi connectivity index (χ3v) is 4.49. The van der Waals surface area contributed by atoms with Crippen LogP contribution < -0.4 is 9.47 Å². The third-order valence-electron chi connectivity index (χ3n) is 4.49. The number of aromatic nitrogens is 1. The second-order valence-corrected chi connectivity index (χ2v) is 6.20. The number of nitrogens with zero attached hydrogens (tertiary/aromatic N) is 3. The van der Waals surface area contributed by atoms with E-state index in [1.54, 1.807) is 19.5 Å². The van der Waals surface area contributed by atoms with Crippen LogP contribution in [0.5, 0.6) is 11.5 Å². The minimum Gasteiger partial charge on any atom is -0.497 e. The lowest BCUT2D eigenvalue weighted by Gasteiger charge is -2.08. The quantitative estimate of drug-likeness (QED) is 0.687. The molecule has 0 radical (unpaired) electrons. The average Bonchev–Trinajstić information content (AvgIpc) is 3.15. The molecule has 0 spiro atoms. The van der Waals surface area contributed by atoms with Crippen molar-refractivity contribution in [3.05, 3.63) is 83.2 Å². The molecule has 0 unspecified atom stereocenters. The Morgan fingerprint density at radius 2 is 1.89 bits per heavy atom. The first-order valence-electron chi connectivity index (χ1n) is 8.57. The Labute approximate surface area is 157 Å². The van der Waals surface area contributed by atoms with E-state index in [0.29, 0.717) is 18.6 Å². The Hall–Kier alpha value is -3.65. The highest BCUT2D eigenvalue weighted by Gasteiger charge is 2.19. The molecule has 2 heterocycles. The molecule has 4 rings (SSSR count). The first kappa shape index (κ1) is 16.8. The summed E-state index contributed by atoms with van der Waals surface area (Å²) in [7, 11) is 1.65. The van der Waals surface area contributed by atoms with Crippen molar-refractivity contribution in [3.8, 4) is 17.6 Å². The highest BCUT2D eigenvalue weighted by atomic mass is 16.5. The van der Waals surface area contributed by atoms with Gasteiger partial charge >= 0.3 is 0 Å². The summed E-state index contributed by atoms with van der Waals surface area (Å²) in [6, 6.07) is 17.7. The summed E-state index contributed by atoms with van der Waals surface area (Å²) in [6.07, 6.45) is 3.96. The van der Waals surface area contributed by atoms with Crippen LogP contribution in [0.1, 0.15) is 22.3 Å². The number of rotatable bonds is 5. The van der Waals surface area contributed by atoms with Crippen molar-refractivity contribution in [1.29, 1.82) is 5.26 Å². The lowest BCUT2D eigenvalue weighted by molar-refractivity contribution is 0.306. The molecule has 132 valence electrons. The minimum atomic E-state index is 0.474. The lowest BCUT2D eigenvalue weighted by atomic mass is 10.0. The van der Waals surface area contributed by atoms with Gasteiger partial charge in [0.2, 0.25) is 0 Å². The monoisotopic (exact) mass is 355 g/mol. The summed E-state index contributed by atoms with van der Waals surface area (Å²) in [5.74, 6) is 1.59. The van der Waals surface area contributed by atoms with Crippen molar-refractivity contribution in [2.75, 3.05) is 7.11 Å². The molecular formula is C22H17N3O2. The molecule has 5 heteroatoms. The Kier molecular flexibility index (Phi) is 4.54. The molecule has 1 aliphatic rings. The van der Waals surface area contributed by atoms with Crippen LogP contribution in [-0.4, -0.2) is 17.8 Å². The Bertz CT molecular complexity index is 1050. The number of methoxy groups -OCH3 is 1. The van der Waals surface area contributed by atoms with Crippen LogP contribution in [0, 0.1) is 11.3 Å². The average molecular weight is 355 g/mol. The molecule has 0 aliphatic carbocycles. The van der Waals surface area contributed by atoms with E-state index >= 15 is 0 Å². The second-order valence-electron chi connectivity index (χ2n) is 6.20. The summed E-state index contributed by atoms with van der Waals surface area (Å²) < 4.78 is 11.1. The Balaban J connectivity index is 1.51. The molecule has 0 atom stereocenters. The predicted molar refractivity (Wildman–Crippen MR) is 103 cm³/mol. The normalized spacial score (nSPS) is 12.1. The van der Waals surface area contributed by atoms with Crippen LogP contribution in [0.25, 0.3) is 0 Å². The van der Waals surface area contributed by atoms with Gasteiger partial charge in [-0.25, -0.2) is 0 Å². The van der Waals surface area contributed by atoms with E-state index in [2.05, 4.69) is 11.1 Å². The molecule has 0 bridgehead atoms. The molecule has 3 aromatic rings. The fourth-order valence-electron chi connectivity index (χ4n) is 3.03. The lowest BCUT2D eigenvalue weighted by Crippen LogP contribution is -2.03. The van der Waals surface area contributed by atoms with E-state index in [4.69, 9.17) is 14.5 Å². The summed E-state index contributed by atoms with van der Waals surface area (Å²) >= 11 is 0. The molecule has 1 aliphatic heterocycles. The third kappa shape index (κ3) is 3.51. The van der Waals surface area contributed by atoms with Gasteiger partial charge in [-0.2, -0.15) is 5.26 Å². The topological polar surface area (TPSA) is 67.5 Å². The molecule has 0 N–H and O–H groups in total. The molecule has 0 fully saturated rings. The largest absolute Gasteiger partial charge is 0.497 e. The van der Waals surface area contributed by atoms with E-state index < -0.39 is 0 Å². The summed E-state index contributed by atoms with van der Waals surface area (Å²) in [6.45, 7) is 0.474. The maximum Gasteiger partial charge on any atom is 0.121 e. The van der Waals surface area contributed by atoms with Gasteiger partial charge in [-0.15, -0.1) is 0 Å². The maximum atomic E-state index is 9.28. The standard InChI is InChI=1S/C22H17N3O2/c1-26-18-5-2-15(3-6-18)14-27-19-7-4-16-10-22(25-21(16)11-19)20-8-9-24-13-17(20)12-23/h2-9,11,13H,10,14H2,1H3. The first-order valence-corrected chi connectivity index (χ1v) is 8.57. The fourth-order valence-corrected chi connectivity index (χ4v) is 3.03. The van der Waals surface area contributed by atoms with Gasteiger partial charge in [0.15, 0.2) is 0 Å². The van der Waals surface area contributed by atoms with Crippen LogP contribution in [0.15, 0.2) is 65.9 Å². The van der Waals surface area contributed by atoms with E-state index in [9.17, 15) is 5.26 Å². The van der Waals surface area contributed by atoms with Crippen molar-refractivity contribution >= 4 is 11.4 Å². The van der Waals surface area contributed by atoms with Crippen molar-refractivity contribution in [3.63, 3.8) is 0 Å². The molecule has 0 amide bonds. The van der Waals surface area contributed by atoms with Gasteiger partial charge in [0, 0.05) is 30.4 Å². The van der Waals surface area contributed by atoms with Gasteiger partial charge in [0.1, 0.15) is 24.2 Å². The van der Waals surface area contributed by atoms with E-state index in [1.807, 2.05) is 48.5 Å². The van der Waals surface area contributed by atoms with E-state index in [1.165, 1.54) is 0 Å². The summed E-state index contributed by atoms with van der Waals surface area (Å²) in [4.78, 5) is 8.72. The van der Waals surface area contributed by atoms with Crippen LogP contribution in [0.2, 0.25) is 0 Å². The minimum absolute atomic E-state index is 0.474. The number of ether oxygens (including phenoxy) is 2. The van der Waals surface area contributed by atoms with Crippen molar-refractivity contribution in [1.82, 2.24) is 4.98 Å². The van der Waals surface area contributed by atoms with Crippen LogP contribution in [-0.2, 0) is 13.0 Å². The maximum absolute atomic E-state index is 9.28. The molecule has 27 heavy (non-hydrogen) atoms. The summed E-state index contributed by atoms with van der Waals surface area (Å²) in [5.41, 5.74) is 5.34. The molecule has 1 aromatic heterocycles. The molecule has 5 nitrogen and oxygen atoms in total. The van der Waals surface area contributed by atoms with Crippen molar-refractivity contribution in [2.24, 2.45) is 4.99 Å². The van der Waals surface area contributed by atoms with E-state index in [0.717, 1.165) is 39.6 Å². The molecular weight excluding hydrogens is 338 g/mol. The van der Waals surface area contributed by atoms with Gasteiger partial charge < -0.3 is 9.47 Å². The molecule has 0 saturated carbocycles. The highest BCUT2D eigenvalue weighted by molar-refractivity contribution is 6.08. The SMILES string of the molecule is COc1ccc(COc2ccc3c(c2)N=C(c2ccncc2C#N)C3)cc1. The van der Waals surface area contributed by atoms with Gasteiger partial charge in [-0.3, -0.25) is 9.98 Å². The Morgan fingerprint density at radius 3 is 2.67 bits per heavy atom. The highest BCUT2D eigenvalue weighted by Crippen LogP contribution is 2.33. The second kappa shape index (κ2) is 7.30. The number of benzene rings is 2. The number of nitriles is 1. The van der Waals surface area contributed by atoms with Gasteiger partial charge in [0.25, 0.3) is 0 Å². The molecule has 0 saturated heterocycles. The van der Waals surface area contributed by atoms with Gasteiger partial charge in [-0.05, 0) is 35.4 Å². The van der Waals surface area contributed by atoms with E-state index in [-0.39, 0.29) is 0 Å². The van der Waals surface area contributed by atoms with Crippen LogP contribution in [0.4, 0.5) is 5.69 Å². The zero-order valence-corrected chi connectivity index (χ0v) is 14.8. The zero-order valence-electron chi connectivity index (χ0n) is 14.8. The van der Waals surface area contributed by atoms with Gasteiger partial charge in [-0.1, -0.05) is 18.2 Å². The fraction of sp³-hybridized carbons (Fsp3) is 0.136. The number of fused-ring (bicyclic) bond motifs is 1. The smallest absolute Gasteiger partial charge is 0.121 e. The summed E-state index contributed by atoms with van der Waals surface area (Å²) in [5, 5.41) is 9.28.